The van der Waals surface area contributed by atoms with Crippen LogP contribution in [0.5, 0.6) is 0 Å². The van der Waals surface area contributed by atoms with Gasteiger partial charge in [-0.25, -0.2) is 4.99 Å². The number of nitrogens with zero attached hydrogens (tertiary/aromatic N) is 2. The summed E-state index contributed by atoms with van der Waals surface area (Å²) in [6, 6.07) is 11.4. The molecule has 2 aliphatic rings. The molecule has 7 heteroatoms. The smallest absolute Gasteiger partial charge is 0.242 e. The summed E-state index contributed by atoms with van der Waals surface area (Å²) < 4.78 is 0. The van der Waals surface area contributed by atoms with E-state index in [2.05, 4.69) is 63.1 Å². The van der Waals surface area contributed by atoms with Gasteiger partial charge in [0, 0.05) is 38.3 Å². The lowest BCUT2D eigenvalue weighted by molar-refractivity contribution is -0.120. The molecule has 1 aromatic carbocycles. The van der Waals surface area contributed by atoms with Crippen LogP contribution in [-0.2, 0) is 11.3 Å². The van der Waals surface area contributed by atoms with E-state index in [1.165, 1.54) is 24.8 Å². The summed E-state index contributed by atoms with van der Waals surface area (Å²) in [4.78, 5) is 19.3. The number of benzene rings is 1. The van der Waals surface area contributed by atoms with Crippen molar-refractivity contribution in [3.05, 3.63) is 35.9 Å². The van der Waals surface area contributed by atoms with Crippen LogP contribution in [0.15, 0.2) is 35.3 Å². The lowest BCUT2D eigenvalue weighted by atomic mass is 9.95. The van der Waals surface area contributed by atoms with E-state index in [-0.39, 0.29) is 36.4 Å². The Kier molecular flexibility index (Phi) is 11.5. The van der Waals surface area contributed by atoms with Crippen molar-refractivity contribution < 1.29 is 4.79 Å². The summed E-state index contributed by atoms with van der Waals surface area (Å²) in [5.41, 5.74) is 1.37. The van der Waals surface area contributed by atoms with Gasteiger partial charge in [0.1, 0.15) is 6.54 Å². The van der Waals surface area contributed by atoms with E-state index >= 15 is 0 Å². The first-order valence-electron chi connectivity index (χ1n) is 11.3. The molecule has 168 valence electrons. The number of likely N-dealkylation sites (tertiary alicyclic amines) is 1. The van der Waals surface area contributed by atoms with Crippen LogP contribution in [0.25, 0.3) is 0 Å². The van der Waals surface area contributed by atoms with Gasteiger partial charge in [0.2, 0.25) is 5.91 Å². The molecule has 3 N–H and O–H groups in total. The highest BCUT2D eigenvalue weighted by Crippen LogP contribution is 2.17. The lowest BCUT2D eigenvalue weighted by Crippen LogP contribution is -2.49. The zero-order valence-electron chi connectivity index (χ0n) is 18.2. The summed E-state index contributed by atoms with van der Waals surface area (Å²) in [6.45, 7) is 6.22. The molecule has 1 aliphatic heterocycles. The van der Waals surface area contributed by atoms with Gasteiger partial charge in [-0.15, -0.1) is 24.0 Å². The third kappa shape index (κ3) is 8.79. The van der Waals surface area contributed by atoms with Gasteiger partial charge < -0.3 is 16.0 Å². The minimum atomic E-state index is 0. The SMILES string of the molecule is CCNC(=NCC(=O)NC1CCCCC1)NC1CCN(Cc2ccccc2)CC1.I. The van der Waals surface area contributed by atoms with Crippen LogP contribution in [0, 0.1) is 0 Å². The number of hydrogen-bond donors (Lipinski definition) is 3. The maximum atomic E-state index is 12.2. The van der Waals surface area contributed by atoms with E-state index in [0.29, 0.717) is 12.1 Å². The summed E-state index contributed by atoms with van der Waals surface area (Å²) in [7, 11) is 0. The van der Waals surface area contributed by atoms with Gasteiger partial charge in [-0.2, -0.15) is 0 Å². The zero-order chi connectivity index (χ0) is 20.3. The van der Waals surface area contributed by atoms with Crippen molar-refractivity contribution >= 4 is 35.8 Å². The normalized spacial score (nSPS) is 19.0. The van der Waals surface area contributed by atoms with Crippen molar-refractivity contribution in [3.63, 3.8) is 0 Å². The van der Waals surface area contributed by atoms with Crippen molar-refractivity contribution in [2.45, 2.75) is 70.5 Å². The fourth-order valence-electron chi connectivity index (χ4n) is 4.26. The summed E-state index contributed by atoms with van der Waals surface area (Å²) in [6.07, 6.45) is 8.13. The molecule has 1 aliphatic carbocycles. The monoisotopic (exact) mass is 527 g/mol. The number of halogens is 1. The molecule has 1 amide bonds. The first-order chi connectivity index (χ1) is 14.2. The molecule has 6 nitrogen and oxygen atoms in total. The van der Waals surface area contributed by atoms with E-state index in [0.717, 1.165) is 57.8 Å². The number of piperidine rings is 1. The molecule has 3 rings (SSSR count). The van der Waals surface area contributed by atoms with Crippen LogP contribution in [0.1, 0.15) is 57.4 Å². The molecule has 0 unspecified atom stereocenters. The summed E-state index contributed by atoms with van der Waals surface area (Å²) >= 11 is 0. The molecule has 30 heavy (non-hydrogen) atoms. The van der Waals surface area contributed by atoms with E-state index in [1.54, 1.807) is 0 Å². The van der Waals surface area contributed by atoms with Crippen molar-refractivity contribution in [1.29, 1.82) is 0 Å². The molecular weight excluding hydrogens is 489 g/mol. The molecule has 1 heterocycles. The second kappa shape index (κ2) is 13.9. The molecular formula is C23H38IN5O. The van der Waals surface area contributed by atoms with E-state index in [4.69, 9.17) is 0 Å². The number of nitrogens with one attached hydrogen (secondary N) is 3. The molecule has 0 bridgehead atoms. The summed E-state index contributed by atoms with van der Waals surface area (Å²) in [5.74, 6) is 0.791. The van der Waals surface area contributed by atoms with Crippen LogP contribution >= 0.6 is 24.0 Å². The maximum Gasteiger partial charge on any atom is 0.242 e. The Bertz CT molecular complexity index is 640. The van der Waals surface area contributed by atoms with Crippen LogP contribution in [0.4, 0.5) is 0 Å². The van der Waals surface area contributed by atoms with Crippen molar-refractivity contribution in [3.8, 4) is 0 Å². The van der Waals surface area contributed by atoms with Crippen LogP contribution < -0.4 is 16.0 Å². The highest BCUT2D eigenvalue weighted by molar-refractivity contribution is 14.0. The van der Waals surface area contributed by atoms with E-state index in [9.17, 15) is 4.79 Å². The van der Waals surface area contributed by atoms with Gasteiger partial charge in [-0.3, -0.25) is 9.69 Å². The Morgan fingerprint density at radius 3 is 2.33 bits per heavy atom. The Balaban J connectivity index is 0.00000320. The largest absolute Gasteiger partial charge is 0.357 e. The first-order valence-corrected chi connectivity index (χ1v) is 11.3. The Morgan fingerprint density at radius 2 is 1.67 bits per heavy atom. The zero-order valence-corrected chi connectivity index (χ0v) is 20.6. The predicted molar refractivity (Wildman–Crippen MR) is 134 cm³/mol. The molecule has 1 aromatic rings. The molecule has 2 fully saturated rings. The Labute approximate surface area is 198 Å². The molecule has 0 atom stereocenters. The highest BCUT2D eigenvalue weighted by atomic mass is 127. The number of rotatable bonds is 7. The van der Waals surface area contributed by atoms with Crippen LogP contribution in [0.2, 0.25) is 0 Å². The molecule has 1 saturated heterocycles. The topological polar surface area (TPSA) is 68.8 Å². The number of carbonyl (C=O) groups excluding carboxylic acids is 1. The van der Waals surface area contributed by atoms with Crippen LogP contribution in [-0.4, -0.2) is 55.0 Å². The average Bonchev–Trinajstić information content (AvgIpc) is 2.75. The number of carbonyl (C=O) groups is 1. The Hall–Kier alpha value is -1.35. The van der Waals surface area contributed by atoms with E-state index in [1.807, 2.05) is 0 Å². The quantitative estimate of drug-likeness (QED) is 0.289. The number of aliphatic imine (C=N–C) groups is 1. The van der Waals surface area contributed by atoms with Gasteiger partial charge in [0.15, 0.2) is 5.96 Å². The van der Waals surface area contributed by atoms with Crippen molar-refractivity contribution in [1.82, 2.24) is 20.9 Å². The van der Waals surface area contributed by atoms with Gasteiger partial charge in [0.25, 0.3) is 0 Å². The minimum Gasteiger partial charge on any atom is -0.357 e. The highest BCUT2D eigenvalue weighted by Gasteiger charge is 2.20. The van der Waals surface area contributed by atoms with Gasteiger partial charge in [0.05, 0.1) is 0 Å². The number of guanidine groups is 1. The van der Waals surface area contributed by atoms with E-state index < -0.39 is 0 Å². The maximum absolute atomic E-state index is 12.2. The summed E-state index contributed by atoms with van der Waals surface area (Å²) in [5, 5.41) is 9.96. The minimum absolute atomic E-state index is 0. The number of hydrogen-bond acceptors (Lipinski definition) is 3. The van der Waals surface area contributed by atoms with Gasteiger partial charge in [-0.1, -0.05) is 49.6 Å². The molecule has 0 aromatic heterocycles. The van der Waals surface area contributed by atoms with Crippen molar-refractivity contribution in [2.75, 3.05) is 26.2 Å². The second-order valence-electron chi connectivity index (χ2n) is 8.28. The first kappa shape index (κ1) is 24.9. The van der Waals surface area contributed by atoms with Crippen LogP contribution in [0.3, 0.4) is 0 Å². The lowest BCUT2D eigenvalue weighted by Gasteiger charge is -2.33. The van der Waals surface area contributed by atoms with Gasteiger partial charge in [-0.05, 0) is 38.2 Å². The van der Waals surface area contributed by atoms with Crippen molar-refractivity contribution in [2.24, 2.45) is 4.99 Å². The van der Waals surface area contributed by atoms with Gasteiger partial charge >= 0.3 is 0 Å². The molecule has 1 saturated carbocycles. The third-order valence-corrected chi connectivity index (χ3v) is 5.87. The molecule has 0 radical (unpaired) electrons. The molecule has 0 spiro atoms. The fourth-order valence-corrected chi connectivity index (χ4v) is 4.26. The Morgan fingerprint density at radius 1 is 1.00 bits per heavy atom. The average molecular weight is 527 g/mol. The predicted octanol–water partition coefficient (Wildman–Crippen LogP) is 3.27. The second-order valence-corrected chi connectivity index (χ2v) is 8.28. The number of amides is 1. The third-order valence-electron chi connectivity index (χ3n) is 5.87. The standard InChI is InChI=1S/C23H37N5O.HI/c1-2-24-23(25-17-22(29)26-20-11-7-4-8-12-20)27-21-13-15-28(16-14-21)18-19-9-5-3-6-10-19;/h3,5-6,9-10,20-21H,2,4,7-8,11-18H2,1H3,(H,26,29)(H2,24,25,27);1H. The fraction of sp³-hybridized carbons (Fsp3) is 0.652.